The second-order valence-electron chi connectivity index (χ2n) is 7.04. The first-order valence-corrected chi connectivity index (χ1v) is 9.05. The smallest absolute Gasteiger partial charge is 0.325 e. The summed E-state index contributed by atoms with van der Waals surface area (Å²) in [6.45, 7) is 6.49. The number of carbonyl (C=O) groups excluding carboxylic acids is 3. The van der Waals surface area contributed by atoms with Gasteiger partial charge in [-0.2, -0.15) is 0 Å². The molecule has 0 saturated carbocycles. The lowest BCUT2D eigenvalue weighted by atomic mass is 10.0. The number of nitrogens with one attached hydrogen (secondary N) is 1. The van der Waals surface area contributed by atoms with Crippen LogP contribution in [0.5, 0.6) is 0 Å². The Labute approximate surface area is 144 Å². The van der Waals surface area contributed by atoms with Crippen LogP contribution in [0.1, 0.15) is 59.3 Å². The van der Waals surface area contributed by atoms with E-state index in [1.54, 1.807) is 4.90 Å². The quantitative estimate of drug-likeness (QED) is 0.727. The number of nitrogens with zero attached hydrogens (tertiary/aromatic N) is 2. The number of imide groups is 1. The summed E-state index contributed by atoms with van der Waals surface area (Å²) < 4.78 is 0. The summed E-state index contributed by atoms with van der Waals surface area (Å²) >= 11 is 0. The number of rotatable bonds is 7. The van der Waals surface area contributed by atoms with Crippen LogP contribution in [0.25, 0.3) is 0 Å². The van der Waals surface area contributed by atoms with Gasteiger partial charge in [-0.05, 0) is 44.4 Å². The zero-order valence-electron chi connectivity index (χ0n) is 15.0. The van der Waals surface area contributed by atoms with E-state index in [1.807, 2.05) is 20.8 Å². The van der Waals surface area contributed by atoms with Crippen molar-refractivity contribution < 1.29 is 14.4 Å². The highest BCUT2D eigenvalue weighted by atomic mass is 16.2. The zero-order chi connectivity index (χ0) is 17.7. The first-order valence-electron chi connectivity index (χ1n) is 9.05. The normalized spacial score (nSPS) is 21.1. The van der Waals surface area contributed by atoms with Gasteiger partial charge in [-0.3, -0.25) is 14.5 Å². The van der Waals surface area contributed by atoms with E-state index in [9.17, 15) is 14.4 Å². The molecule has 2 aliphatic rings. The topological polar surface area (TPSA) is 69.7 Å². The molecule has 2 rings (SSSR count). The van der Waals surface area contributed by atoms with Gasteiger partial charge in [0, 0.05) is 12.2 Å². The molecule has 1 fully saturated rings. The predicted octanol–water partition coefficient (Wildman–Crippen LogP) is 2.65. The average Bonchev–Trinajstić information content (AvgIpc) is 2.80. The van der Waals surface area contributed by atoms with Crippen LogP contribution < -0.4 is 5.32 Å². The van der Waals surface area contributed by atoms with E-state index < -0.39 is 12.1 Å². The summed E-state index contributed by atoms with van der Waals surface area (Å²) in [7, 11) is 0. The van der Waals surface area contributed by atoms with Crippen molar-refractivity contribution in [2.24, 2.45) is 5.92 Å². The van der Waals surface area contributed by atoms with Crippen LogP contribution in [0.3, 0.4) is 0 Å². The number of amides is 4. The summed E-state index contributed by atoms with van der Waals surface area (Å²) in [5.74, 6) is -0.145. The fourth-order valence-corrected chi connectivity index (χ4v) is 3.30. The summed E-state index contributed by atoms with van der Waals surface area (Å²) in [4.78, 5) is 40.0. The molecule has 1 aliphatic carbocycles. The van der Waals surface area contributed by atoms with Crippen molar-refractivity contribution in [3.8, 4) is 0 Å². The Hall–Kier alpha value is -1.85. The summed E-state index contributed by atoms with van der Waals surface area (Å²) in [5, 5.41) is 2.69. The van der Waals surface area contributed by atoms with Gasteiger partial charge in [0.15, 0.2) is 0 Å². The molecule has 24 heavy (non-hydrogen) atoms. The molecule has 1 atom stereocenters. The van der Waals surface area contributed by atoms with E-state index in [0.717, 1.165) is 42.7 Å². The minimum absolute atomic E-state index is 0.168. The monoisotopic (exact) mass is 335 g/mol. The molecule has 6 heteroatoms. The van der Waals surface area contributed by atoms with Gasteiger partial charge >= 0.3 is 6.03 Å². The highest BCUT2D eigenvalue weighted by Gasteiger charge is 2.39. The Morgan fingerprint density at radius 3 is 2.71 bits per heavy atom. The van der Waals surface area contributed by atoms with E-state index >= 15 is 0 Å². The molecule has 6 nitrogen and oxygen atoms in total. The molecule has 1 saturated heterocycles. The van der Waals surface area contributed by atoms with Crippen molar-refractivity contribution >= 4 is 17.8 Å². The van der Waals surface area contributed by atoms with E-state index in [0.29, 0.717) is 18.9 Å². The molecule has 0 aromatic carbocycles. The van der Waals surface area contributed by atoms with Crippen LogP contribution in [0.15, 0.2) is 11.8 Å². The van der Waals surface area contributed by atoms with Gasteiger partial charge in [0.05, 0.1) is 0 Å². The maximum absolute atomic E-state index is 12.7. The van der Waals surface area contributed by atoms with Crippen LogP contribution in [0.2, 0.25) is 0 Å². The Balaban J connectivity index is 2.04. The van der Waals surface area contributed by atoms with Crippen molar-refractivity contribution in [3.05, 3.63) is 11.8 Å². The fourth-order valence-electron chi connectivity index (χ4n) is 3.30. The van der Waals surface area contributed by atoms with Crippen LogP contribution in [-0.2, 0) is 9.59 Å². The van der Waals surface area contributed by atoms with Gasteiger partial charge in [-0.25, -0.2) is 4.79 Å². The highest BCUT2D eigenvalue weighted by molar-refractivity contribution is 6.06. The Kier molecular flexibility index (Phi) is 6.40. The lowest BCUT2D eigenvalue weighted by Crippen LogP contribution is -2.43. The fraction of sp³-hybridized carbons (Fsp3) is 0.722. The standard InChI is InChI=1S/C18H29N3O3/c1-4-10-20(14-8-6-5-7-9-14)16(22)12-21-17(23)15(11-13(2)3)19-18(21)24/h8,13,15H,4-7,9-12H2,1-3H3,(H,19,24)/t15-/m0/s1. The second kappa shape index (κ2) is 8.31. The number of hydrogen-bond acceptors (Lipinski definition) is 3. The molecule has 1 heterocycles. The van der Waals surface area contributed by atoms with Crippen molar-refractivity contribution in [1.82, 2.24) is 15.1 Å². The van der Waals surface area contributed by atoms with Crippen molar-refractivity contribution in [2.45, 2.75) is 65.3 Å². The minimum Gasteiger partial charge on any atom is -0.326 e. The average molecular weight is 335 g/mol. The first-order chi connectivity index (χ1) is 11.4. The third-order valence-corrected chi connectivity index (χ3v) is 4.47. The predicted molar refractivity (Wildman–Crippen MR) is 92.0 cm³/mol. The molecule has 1 N–H and O–H groups in total. The maximum Gasteiger partial charge on any atom is 0.325 e. The summed E-state index contributed by atoms with van der Waals surface area (Å²) in [5.41, 5.74) is 1.04. The van der Waals surface area contributed by atoms with E-state index in [1.165, 1.54) is 0 Å². The van der Waals surface area contributed by atoms with Crippen molar-refractivity contribution in [3.63, 3.8) is 0 Å². The SMILES string of the molecule is CCCN(C(=O)CN1C(=O)N[C@@H](CC(C)C)C1=O)C1=CCCCC1. The van der Waals surface area contributed by atoms with Crippen LogP contribution >= 0.6 is 0 Å². The van der Waals surface area contributed by atoms with Gasteiger partial charge in [-0.15, -0.1) is 0 Å². The Morgan fingerprint density at radius 1 is 1.38 bits per heavy atom. The summed E-state index contributed by atoms with van der Waals surface area (Å²) in [6.07, 6.45) is 7.67. The Morgan fingerprint density at radius 2 is 2.12 bits per heavy atom. The molecule has 0 aromatic heterocycles. The van der Waals surface area contributed by atoms with Crippen LogP contribution in [-0.4, -0.2) is 46.8 Å². The zero-order valence-corrected chi connectivity index (χ0v) is 15.0. The molecular weight excluding hydrogens is 306 g/mol. The molecule has 0 radical (unpaired) electrons. The lowest BCUT2D eigenvalue weighted by molar-refractivity contribution is -0.136. The molecule has 4 amide bonds. The largest absolute Gasteiger partial charge is 0.326 e. The van der Waals surface area contributed by atoms with Crippen molar-refractivity contribution in [1.29, 1.82) is 0 Å². The second-order valence-corrected chi connectivity index (χ2v) is 7.04. The highest BCUT2D eigenvalue weighted by Crippen LogP contribution is 2.22. The van der Waals surface area contributed by atoms with Crippen molar-refractivity contribution in [2.75, 3.05) is 13.1 Å². The van der Waals surface area contributed by atoms with Gasteiger partial charge < -0.3 is 10.2 Å². The lowest BCUT2D eigenvalue weighted by Gasteiger charge is -2.28. The summed E-state index contributed by atoms with van der Waals surface area (Å²) in [6, 6.07) is -0.952. The molecule has 0 bridgehead atoms. The molecule has 0 aromatic rings. The van der Waals surface area contributed by atoms with Gasteiger partial charge in [-0.1, -0.05) is 26.8 Å². The number of allylic oxidation sites excluding steroid dienone is 2. The van der Waals surface area contributed by atoms with E-state index in [-0.39, 0.29) is 18.4 Å². The minimum atomic E-state index is -0.501. The van der Waals surface area contributed by atoms with Gasteiger partial charge in [0.25, 0.3) is 5.91 Å². The third kappa shape index (κ3) is 4.36. The Bertz CT molecular complexity index is 528. The number of urea groups is 1. The number of carbonyl (C=O) groups is 3. The molecular formula is C18H29N3O3. The molecule has 0 spiro atoms. The van der Waals surface area contributed by atoms with E-state index in [2.05, 4.69) is 11.4 Å². The van der Waals surface area contributed by atoms with Crippen LogP contribution in [0, 0.1) is 5.92 Å². The van der Waals surface area contributed by atoms with Gasteiger partial charge in [0.1, 0.15) is 12.6 Å². The molecule has 1 aliphatic heterocycles. The molecule has 0 unspecified atom stereocenters. The van der Waals surface area contributed by atoms with E-state index in [4.69, 9.17) is 0 Å². The number of hydrogen-bond donors (Lipinski definition) is 1. The first kappa shape index (κ1) is 18.5. The molecule has 134 valence electrons. The third-order valence-electron chi connectivity index (χ3n) is 4.47. The van der Waals surface area contributed by atoms with Gasteiger partial charge in [0.2, 0.25) is 5.91 Å². The maximum atomic E-state index is 12.7. The van der Waals surface area contributed by atoms with Crippen LogP contribution in [0.4, 0.5) is 4.79 Å².